The number of hydrogen-bond acceptors (Lipinski definition) is 5. The lowest BCUT2D eigenvalue weighted by atomic mass is 10.0. The highest BCUT2D eigenvalue weighted by molar-refractivity contribution is 5.42. The molecule has 24 heavy (non-hydrogen) atoms. The van der Waals surface area contributed by atoms with Crippen LogP contribution in [0.3, 0.4) is 0 Å². The summed E-state index contributed by atoms with van der Waals surface area (Å²) < 4.78 is 17.2. The molecule has 1 fully saturated rings. The van der Waals surface area contributed by atoms with Crippen LogP contribution in [0.25, 0.3) is 0 Å². The van der Waals surface area contributed by atoms with Gasteiger partial charge in [-0.05, 0) is 12.3 Å². The lowest BCUT2D eigenvalue weighted by molar-refractivity contribution is -0.108. The maximum Gasteiger partial charge on any atom is 0.183 e. The fraction of sp³-hybridized carbons (Fsp3) is 0.737. The number of pyridine rings is 1. The molecular weight excluding hydrogens is 304 g/mol. The first-order valence-electron chi connectivity index (χ1n) is 9.02. The van der Waals surface area contributed by atoms with E-state index in [9.17, 15) is 0 Å². The average Bonchev–Trinajstić information content (AvgIpc) is 2.59. The molecule has 0 N–H and O–H groups in total. The predicted octanol–water partition coefficient (Wildman–Crippen LogP) is 3.51. The molecule has 136 valence electrons. The second-order valence-electron chi connectivity index (χ2n) is 6.87. The van der Waals surface area contributed by atoms with E-state index in [-0.39, 0.29) is 6.10 Å². The minimum atomic E-state index is 0.275. The maximum absolute atomic E-state index is 6.30. The van der Waals surface area contributed by atoms with E-state index in [4.69, 9.17) is 14.2 Å². The van der Waals surface area contributed by atoms with Gasteiger partial charge in [0.15, 0.2) is 11.5 Å². The Morgan fingerprint density at radius 3 is 2.71 bits per heavy atom. The van der Waals surface area contributed by atoms with Crippen LogP contribution in [0.5, 0.6) is 11.5 Å². The van der Waals surface area contributed by atoms with Crippen LogP contribution in [0.2, 0.25) is 0 Å². The fourth-order valence-corrected chi connectivity index (χ4v) is 3.21. The van der Waals surface area contributed by atoms with Crippen molar-refractivity contribution in [1.82, 2.24) is 9.88 Å². The van der Waals surface area contributed by atoms with Gasteiger partial charge in [-0.3, -0.25) is 9.88 Å². The standard InChI is InChI=1S/C19H32N2O3/c1-6-7-8-15-11-21(13-18(24-15)14(2)3)12-16-19(23-5)17(22-4)9-10-20-16/h9-10,14-15,18H,6-8,11-13H2,1-5H3/t15-,18-/m1/s1. The number of rotatable bonds is 8. The minimum absolute atomic E-state index is 0.275. The summed E-state index contributed by atoms with van der Waals surface area (Å²) in [6.45, 7) is 9.33. The largest absolute Gasteiger partial charge is 0.493 e. The van der Waals surface area contributed by atoms with Crippen LogP contribution in [0.1, 0.15) is 45.7 Å². The Labute approximate surface area is 146 Å². The summed E-state index contributed by atoms with van der Waals surface area (Å²) in [5.74, 6) is 1.98. The maximum atomic E-state index is 6.30. The third-order valence-electron chi connectivity index (χ3n) is 4.63. The molecule has 1 aromatic heterocycles. The molecule has 0 aliphatic carbocycles. The molecule has 5 nitrogen and oxygen atoms in total. The van der Waals surface area contributed by atoms with Crippen molar-refractivity contribution in [3.05, 3.63) is 18.0 Å². The van der Waals surface area contributed by atoms with Gasteiger partial charge in [-0.1, -0.05) is 33.6 Å². The third-order valence-corrected chi connectivity index (χ3v) is 4.63. The first-order chi connectivity index (χ1) is 11.6. The van der Waals surface area contributed by atoms with E-state index in [2.05, 4.69) is 30.7 Å². The molecule has 1 saturated heterocycles. The second kappa shape index (κ2) is 9.23. The smallest absolute Gasteiger partial charge is 0.183 e. The Bertz CT molecular complexity index is 507. The van der Waals surface area contributed by atoms with Crippen LogP contribution in [0, 0.1) is 5.92 Å². The number of ether oxygens (including phenoxy) is 3. The molecule has 2 heterocycles. The first kappa shape index (κ1) is 19.0. The van der Waals surface area contributed by atoms with Gasteiger partial charge in [-0.25, -0.2) is 0 Å². The zero-order valence-electron chi connectivity index (χ0n) is 15.7. The SMILES string of the molecule is CCCC[C@@H]1CN(Cc2nccc(OC)c2OC)C[C@H](C(C)C)O1. The summed E-state index contributed by atoms with van der Waals surface area (Å²) in [7, 11) is 3.33. The Balaban J connectivity index is 2.12. The molecule has 0 amide bonds. The highest BCUT2D eigenvalue weighted by atomic mass is 16.5. The molecule has 1 aliphatic heterocycles. The van der Waals surface area contributed by atoms with Gasteiger partial charge in [0, 0.05) is 31.9 Å². The van der Waals surface area contributed by atoms with Crippen molar-refractivity contribution < 1.29 is 14.2 Å². The Hall–Kier alpha value is -1.33. The Morgan fingerprint density at radius 2 is 2.08 bits per heavy atom. The highest BCUT2D eigenvalue weighted by Gasteiger charge is 2.30. The van der Waals surface area contributed by atoms with E-state index in [0.717, 1.165) is 43.2 Å². The van der Waals surface area contributed by atoms with Crippen molar-refractivity contribution >= 4 is 0 Å². The molecule has 0 unspecified atom stereocenters. The van der Waals surface area contributed by atoms with E-state index in [0.29, 0.717) is 12.0 Å². The topological polar surface area (TPSA) is 43.8 Å². The van der Waals surface area contributed by atoms with Crippen molar-refractivity contribution in [2.75, 3.05) is 27.3 Å². The van der Waals surface area contributed by atoms with E-state index in [1.807, 2.05) is 6.07 Å². The summed E-state index contributed by atoms with van der Waals surface area (Å²) in [6.07, 6.45) is 5.91. The summed E-state index contributed by atoms with van der Waals surface area (Å²) in [5, 5.41) is 0. The van der Waals surface area contributed by atoms with Crippen molar-refractivity contribution in [1.29, 1.82) is 0 Å². The molecule has 0 radical (unpaired) electrons. The Morgan fingerprint density at radius 1 is 1.29 bits per heavy atom. The van der Waals surface area contributed by atoms with Crippen LogP contribution in [0.4, 0.5) is 0 Å². The van der Waals surface area contributed by atoms with Crippen LogP contribution >= 0.6 is 0 Å². The van der Waals surface area contributed by atoms with Gasteiger partial charge in [-0.15, -0.1) is 0 Å². The summed E-state index contributed by atoms with van der Waals surface area (Å²) in [6, 6.07) is 1.84. The van der Waals surface area contributed by atoms with E-state index >= 15 is 0 Å². The quantitative estimate of drug-likeness (QED) is 0.727. The van der Waals surface area contributed by atoms with Gasteiger partial charge < -0.3 is 14.2 Å². The van der Waals surface area contributed by atoms with Crippen LogP contribution in [-0.4, -0.2) is 49.4 Å². The molecule has 2 atom stereocenters. The number of hydrogen-bond donors (Lipinski definition) is 0. The van der Waals surface area contributed by atoms with Gasteiger partial charge >= 0.3 is 0 Å². The zero-order chi connectivity index (χ0) is 17.5. The van der Waals surface area contributed by atoms with E-state index in [1.165, 1.54) is 12.8 Å². The van der Waals surface area contributed by atoms with Gasteiger partial charge in [0.25, 0.3) is 0 Å². The van der Waals surface area contributed by atoms with Crippen molar-refractivity contribution in [2.24, 2.45) is 5.92 Å². The molecular formula is C19H32N2O3. The monoisotopic (exact) mass is 336 g/mol. The summed E-state index contributed by atoms with van der Waals surface area (Å²) in [5.41, 5.74) is 0.926. The number of methoxy groups -OCH3 is 2. The fourth-order valence-electron chi connectivity index (χ4n) is 3.21. The van der Waals surface area contributed by atoms with Gasteiger partial charge in [0.2, 0.25) is 0 Å². The van der Waals surface area contributed by atoms with Gasteiger partial charge in [-0.2, -0.15) is 0 Å². The molecule has 0 aromatic carbocycles. The molecule has 1 aromatic rings. The van der Waals surface area contributed by atoms with Crippen LogP contribution in [0.15, 0.2) is 12.3 Å². The normalized spacial score (nSPS) is 21.9. The highest BCUT2D eigenvalue weighted by Crippen LogP contribution is 2.31. The van der Waals surface area contributed by atoms with Crippen molar-refractivity contribution in [2.45, 2.75) is 58.8 Å². The average molecular weight is 336 g/mol. The summed E-state index contributed by atoms with van der Waals surface area (Å²) in [4.78, 5) is 6.97. The van der Waals surface area contributed by atoms with Gasteiger partial charge in [0.05, 0.1) is 26.4 Å². The lowest BCUT2D eigenvalue weighted by Crippen LogP contribution is -2.49. The Kier molecular flexibility index (Phi) is 7.31. The predicted molar refractivity (Wildman–Crippen MR) is 95.6 cm³/mol. The molecule has 2 rings (SSSR count). The van der Waals surface area contributed by atoms with E-state index in [1.54, 1.807) is 20.4 Å². The van der Waals surface area contributed by atoms with Crippen molar-refractivity contribution in [3.63, 3.8) is 0 Å². The number of aromatic nitrogens is 1. The van der Waals surface area contributed by atoms with Crippen LogP contribution in [-0.2, 0) is 11.3 Å². The first-order valence-corrected chi connectivity index (χ1v) is 9.02. The van der Waals surface area contributed by atoms with Crippen molar-refractivity contribution in [3.8, 4) is 11.5 Å². The number of nitrogens with zero attached hydrogens (tertiary/aromatic N) is 2. The second-order valence-corrected chi connectivity index (χ2v) is 6.87. The van der Waals surface area contributed by atoms with Crippen LogP contribution < -0.4 is 9.47 Å². The molecule has 0 saturated carbocycles. The summed E-state index contributed by atoms with van der Waals surface area (Å²) >= 11 is 0. The molecule has 0 spiro atoms. The lowest BCUT2D eigenvalue weighted by Gasteiger charge is -2.40. The van der Waals surface area contributed by atoms with Gasteiger partial charge in [0.1, 0.15) is 5.69 Å². The van der Waals surface area contributed by atoms with E-state index < -0.39 is 0 Å². The number of unbranched alkanes of at least 4 members (excludes halogenated alkanes) is 1. The third kappa shape index (κ3) is 4.84. The number of morpholine rings is 1. The molecule has 5 heteroatoms. The molecule has 1 aliphatic rings. The minimum Gasteiger partial charge on any atom is -0.493 e. The molecule has 0 bridgehead atoms. The zero-order valence-corrected chi connectivity index (χ0v) is 15.7.